The number of nitrogens with one attached hydrogen (secondary N) is 2. The Hall–Kier alpha value is -3.48. The summed E-state index contributed by atoms with van der Waals surface area (Å²) in [4.78, 5) is 25.7. The van der Waals surface area contributed by atoms with Crippen molar-refractivity contribution in [1.29, 1.82) is 0 Å². The van der Waals surface area contributed by atoms with Crippen LogP contribution < -0.4 is 15.4 Å². The molecule has 1 unspecified atom stereocenters. The van der Waals surface area contributed by atoms with E-state index in [-0.39, 0.29) is 48.0 Å². The van der Waals surface area contributed by atoms with E-state index >= 15 is 0 Å². The van der Waals surface area contributed by atoms with Crippen molar-refractivity contribution in [3.05, 3.63) is 71.1 Å². The van der Waals surface area contributed by atoms with Gasteiger partial charge in [0.05, 0.1) is 6.61 Å². The lowest BCUT2D eigenvalue weighted by molar-refractivity contribution is 0.199. The van der Waals surface area contributed by atoms with Gasteiger partial charge in [0, 0.05) is 61.7 Å². The van der Waals surface area contributed by atoms with E-state index in [4.69, 9.17) is 9.84 Å². The number of halogens is 2. The molecule has 2 aromatic heterocycles. The van der Waals surface area contributed by atoms with Gasteiger partial charge in [-0.25, -0.2) is 14.2 Å². The molecule has 3 N–H and O–H groups in total. The van der Waals surface area contributed by atoms with Crippen LogP contribution in [0.4, 0.5) is 20.8 Å². The molecule has 9 nitrogen and oxygen atoms in total. The number of hydrogen-bond acceptors (Lipinski definition) is 8. The molecule has 0 fully saturated rings. The molecule has 2 heterocycles. The summed E-state index contributed by atoms with van der Waals surface area (Å²) in [5, 5.41) is 15.0. The van der Waals surface area contributed by atoms with Crippen molar-refractivity contribution in [1.82, 2.24) is 20.3 Å². The van der Waals surface area contributed by atoms with Gasteiger partial charge in [-0.1, -0.05) is 34.1 Å². The van der Waals surface area contributed by atoms with E-state index in [1.807, 2.05) is 24.3 Å². The van der Waals surface area contributed by atoms with Crippen molar-refractivity contribution < 1.29 is 23.2 Å². The molecule has 0 aliphatic carbocycles. The maximum Gasteiger partial charge on any atom is 0.413 e. The average molecular weight is 574 g/mol. The number of anilines is 2. The Morgan fingerprint density at radius 3 is 2.61 bits per heavy atom. The van der Waals surface area contributed by atoms with E-state index in [1.54, 1.807) is 24.4 Å². The van der Waals surface area contributed by atoms with Crippen molar-refractivity contribution in [2.75, 3.05) is 30.0 Å². The summed E-state index contributed by atoms with van der Waals surface area (Å²) in [6, 6.07) is 14.9. The van der Waals surface area contributed by atoms with Gasteiger partial charge in [-0.2, -0.15) is 9.97 Å². The number of aromatic nitrogens is 3. The van der Waals surface area contributed by atoms with Gasteiger partial charge in [-0.15, -0.1) is 0 Å². The summed E-state index contributed by atoms with van der Waals surface area (Å²) in [6.45, 7) is -0.0788. The van der Waals surface area contributed by atoms with Gasteiger partial charge < -0.3 is 20.5 Å². The van der Waals surface area contributed by atoms with Crippen molar-refractivity contribution >= 4 is 55.5 Å². The standard InChI is InChI=1S/C24H21BrFN5O4S/c25-20-4-2-1-3-18(20)19-13-15-14-28-23(29-17-7-5-16(26)6-8-17)31-21(15)30-22(19)35-24(33)27-9-11-36(34)12-10-32/h1-8,13-14,32H,9-12H2,(H,27,33)(H,28,29,30,31). The van der Waals surface area contributed by atoms with Crippen LogP contribution in [0.5, 0.6) is 5.88 Å². The summed E-state index contributed by atoms with van der Waals surface area (Å²) in [5.74, 6) is 0.222. The predicted molar refractivity (Wildman–Crippen MR) is 139 cm³/mol. The van der Waals surface area contributed by atoms with Gasteiger partial charge in [0.15, 0.2) is 5.65 Å². The smallest absolute Gasteiger partial charge is 0.395 e. The van der Waals surface area contributed by atoms with Crippen molar-refractivity contribution in [3.8, 4) is 17.0 Å². The van der Waals surface area contributed by atoms with E-state index in [0.717, 1.165) is 10.0 Å². The Labute approximate surface area is 216 Å². The van der Waals surface area contributed by atoms with Crippen LogP contribution in [0.2, 0.25) is 0 Å². The molecule has 0 aliphatic heterocycles. The van der Waals surface area contributed by atoms with E-state index in [1.165, 1.54) is 12.1 Å². The molecule has 36 heavy (non-hydrogen) atoms. The van der Waals surface area contributed by atoms with Crippen LogP contribution in [-0.4, -0.2) is 55.0 Å². The lowest BCUT2D eigenvalue weighted by atomic mass is 10.1. The number of amides is 1. The van der Waals surface area contributed by atoms with Crippen LogP contribution in [0.25, 0.3) is 22.2 Å². The number of pyridine rings is 1. The Morgan fingerprint density at radius 1 is 1.08 bits per heavy atom. The van der Waals surface area contributed by atoms with Crippen LogP contribution in [0, 0.1) is 5.82 Å². The second-order valence-corrected chi connectivity index (χ2v) is 10.00. The number of carbonyl (C=O) groups excluding carboxylic acids is 1. The topological polar surface area (TPSA) is 126 Å². The summed E-state index contributed by atoms with van der Waals surface area (Å²) >= 11 is 3.52. The van der Waals surface area contributed by atoms with E-state index < -0.39 is 16.9 Å². The SMILES string of the molecule is O=C(NCCS(=O)CCO)Oc1nc2nc(Nc3ccc(F)cc3)ncc2cc1-c1ccccc1Br. The monoisotopic (exact) mass is 573 g/mol. The van der Waals surface area contributed by atoms with E-state index in [2.05, 4.69) is 41.5 Å². The molecule has 4 aromatic rings. The van der Waals surface area contributed by atoms with Crippen LogP contribution in [0.3, 0.4) is 0 Å². The molecule has 1 atom stereocenters. The van der Waals surface area contributed by atoms with Gasteiger partial charge in [0.1, 0.15) is 5.82 Å². The third-order valence-corrected chi connectivity index (χ3v) is 6.89. The van der Waals surface area contributed by atoms with Crippen molar-refractivity contribution in [2.24, 2.45) is 0 Å². The first-order valence-corrected chi connectivity index (χ1v) is 13.1. The number of nitrogens with zero attached hydrogens (tertiary/aromatic N) is 3. The third-order valence-electron chi connectivity index (χ3n) is 4.91. The van der Waals surface area contributed by atoms with Crippen LogP contribution >= 0.6 is 15.9 Å². The summed E-state index contributed by atoms with van der Waals surface area (Å²) < 4.78 is 31.2. The Morgan fingerprint density at radius 2 is 1.86 bits per heavy atom. The molecular weight excluding hydrogens is 553 g/mol. The molecular formula is C24H21BrFN5O4S. The highest BCUT2D eigenvalue weighted by Crippen LogP contribution is 2.36. The fraction of sp³-hybridized carbons (Fsp3) is 0.167. The van der Waals surface area contributed by atoms with Crippen molar-refractivity contribution in [3.63, 3.8) is 0 Å². The number of aliphatic hydroxyl groups is 1. The van der Waals surface area contributed by atoms with Crippen LogP contribution in [0.15, 0.2) is 65.3 Å². The molecule has 2 aromatic carbocycles. The minimum atomic E-state index is -1.25. The molecule has 0 saturated heterocycles. The molecule has 0 radical (unpaired) electrons. The Bertz CT molecular complexity index is 1410. The highest BCUT2D eigenvalue weighted by Gasteiger charge is 2.17. The number of ether oxygens (including phenoxy) is 1. The predicted octanol–water partition coefficient (Wildman–Crippen LogP) is 4.17. The number of fused-ring (bicyclic) bond motifs is 1. The minimum Gasteiger partial charge on any atom is -0.395 e. The Balaban J connectivity index is 1.63. The zero-order chi connectivity index (χ0) is 25.5. The number of rotatable bonds is 9. The van der Waals surface area contributed by atoms with Gasteiger partial charge in [-0.05, 0) is 36.4 Å². The molecule has 1 amide bonds. The molecule has 0 saturated carbocycles. The largest absolute Gasteiger partial charge is 0.413 e. The molecule has 0 bridgehead atoms. The fourth-order valence-electron chi connectivity index (χ4n) is 3.21. The maximum absolute atomic E-state index is 13.2. The zero-order valence-corrected chi connectivity index (χ0v) is 21.2. The van der Waals surface area contributed by atoms with E-state index in [9.17, 15) is 13.4 Å². The van der Waals surface area contributed by atoms with Gasteiger partial charge >= 0.3 is 6.09 Å². The lowest BCUT2D eigenvalue weighted by Gasteiger charge is -2.13. The number of hydrogen-bond donors (Lipinski definition) is 3. The van der Waals surface area contributed by atoms with Gasteiger partial charge in [-0.3, -0.25) is 4.21 Å². The number of aliphatic hydroxyl groups excluding tert-OH is 1. The summed E-state index contributed by atoms with van der Waals surface area (Å²) in [7, 11) is -1.25. The highest BCUT2D eigenvalue weighted by atomic mass is 79.9. The first-order chi connectivity index (χ1) is 17.4. The highest BCUT2D eigenvalue weighted by molar-refractivity contribution is 9.10. The minimum absolute atomic E-state index is 0.0230. The maximum atomic E-state index is 13.2. The van der Waals surface area contributed by atoms with Crippen LogP contribution in [0.1, 0.15) is 0 Å². The second kappa shape index (κ2) is 12.0. The van der Waals surface area contributed by atoms with Crippen LogP contribution in [-0.2, 0) is 10.8 Å². The number of carbonyl (C=O) groups is 1. The van der Waals surface area contributed by atoms with E-state index in [0.29, 0.717) is 16.6 Å². The first kappa shape index (κ1) is 25.6. The fourth-order valence-corrected chi connectivity index (χ4v) is 4.45. The van der Waals surface area contributed by atoms with Gasteiger partial charge in [0.2, 0.25) is 11.8 Å². The Kier molecular flexibility index (Phi) is 8.52. The second-order valence-electron chi connectivity index (χ2n) is 7.45. The first-order valence-electron chi connectivity index (χ1n) is 10.8. The molecule has 0 aliphatic rings. The molecule has 186 valence electrons. The van der Waals surface area contributed by atoms with Gasteiger partial charge in [0.25, 0.3) is 0 Å². The molecule has 12 heteroatoms. The summed E-state index contributed by atoms with van der Waals surface area (Å²) in [6.07, 6.45) is 0.817. The zero-order valence-electron chi connectivity index (χ0n) is 18.8. The van der Waals surface area contributed by atoms with Crippen molar-refractivity contribution in [2.45, 2.75) is 0 Å². The molecule has 4 rings (SSSR count). The molecule has 0 spiro atoms. The average Bonchev–Trinajstić information content (AvgIpc) is 2.86. The number of benzene rings is 2. The normalized spacial score (nSPS) is 11.8. The lowest BCUT2D eigenvalue weighted by Crippen LogP contribution is -2.31. The third kappa shape index (κ3) is 6.59. The summed E-state index contributed by atoms with van der Waals surface area (Å²) in [5.41, 5.74) is 2.15. The quantitative estimate of drug-likeness (QED) is 0.272.